The summed E-state index contributed by atoms with van der Waals surface area (Å²) in [6.45, 7) is 7.00. The van der Waals surface area contributed by atoms with Crippen molar-refractivity contribution in [1.82, 2.24) is 9.88 Å². The number of ketones is 1. The minimum Gasteiger partial charge on any atom is -0.326 e. The summed E-state index contributed by atoms with van der Waals surface area (Å²) in [5.74, 6) is -0.840. The van der Waals surface area contributed by atoms with Crippen molar-refractivity contribution in [3.63, 3.8) is 0 Å². The average molecular weight is 356 g/mol. The third-order valence-electron chi connectivity index (χ3n) is 4.71. The number of carbonyl (C=O) groups is 2. The van der Waals surface area contributed by atoms with Crippen molar-refractivity contribution in [2.75, 3.05) is 6.54 Å². The molecule has 1 aromatic carbocycles. The van der Waals surface area contributed by atoms with E-state index in [9.17, 15) is 9.59 Å². The second kappa shape index (κ2) is 7.08. The Morgan fingerprint density at radius 1 is 1.16 bits per heavy atom. The molecule has 2 heterocycles. The van der Waals surface area contributed by atoms with Gasteiger partial charge in [0.1, 0.15) is 5.01 Å². The van der Waals surface area contributed by atoms with Gasteiger partial charge >= 0.3 is 0 Å². The maximum absolute atomic E-state index is 12.8. The van der Waals surface area contributed by atoms with Gasteiger partial charge in [-0.2, -0.15) is 0 Å². The van der Waals surface area contributed by atoms with Crippen molar-refractivity contribution >= 4 is 23.0 Å². The second-order valence-corrected chi connectivity index (χ2v) is 8.46. The fourth-order valence-electron chi connectivity index (χ4n) is 3.21. The largest absolute Gasteiger partial charge is 0.326 e. The van der Waals surface area contributed by atoms with Gasteiger partial charge < -0.3 is 4.90 Å². The molecule has 2 aromatic rings. The number of piperidine rings is 1. The molecule has 1 aliphatic rings. The zero-order valence-corrected chi connectivity index (χ0v) is 15.8. The summed E-state index contributed by atoms with van der Waals surface area (Å²) in [5, 5.41) is 2.84. The summed E-state index contributed by atoms with van der Waals surface area (Å²) in [6, 6.07) is 7.34. The molecule has 0 aliphatic carbocycles. The highest BCUT2D eigenvalue weighted by atomic mass is 32.1. The van der Waals surface area contributed by atoms with E-state index in [1.165, 1.54) is 0 Å². The molecule has 1 fully saturated rings. The van der Waals surface area contributed by atoms with E-state index in [4.69, 9.17) is 0 Å². The molecule has 0 saturated carbocycles. The molecule has 1 saturated heterocycles. The van der Waals surface area contributed by atoms with E-state index in [1.807, 2.05) is 17.5 Å². The maximum atomic E-state index is 12.8. The molecule has 1 amide bonds. The summed E-state index contributed by atoms with van der Waals surface area (Å²) in [4.78, 5) is 31.6. The number of thiazole rings is 1. The fourth-order valence-corrected chi connectivity index (χ4v) is 3.99. The van der Waals surface area contributed by atoms with Crippen molar-refractivity contribution in [1.29, 1.82) is 0 Å². The number of Topliss-reactive ketones (excluding diaryl/α,β-unsaturated/α-hetero) is 1. The van der Waals surface area contributed by atoms with Crippen LogP contribution in [0, 0.1) is 0 Å². The maximum Gasteiger partial charge on any atom is 0.295 e. The van der Waals surface area contributed by atoms with Crippen molar-refractivity contribution in [3.05, 3.63) is 52.0 Å². The number of amides is 1. The van der Waals surface area contributed by atoms with E-state index >= 15 is 0 Å². The van der Waals surface area contributed by atoms with Crippen LogP contribution in [0.1, 0.15) is 67.0 Å². The van der Waals surface area contributed by atoms with Gasteiger partial charge in [-0.05, 0) is 30.2 Å². The lowest BCUT2D eigenvalue weighted by atomic mass is 9.86. The molecule has 4 nitrogen and oxygen atoms in total. The predicted octanol–water partition coefficient (Wildman–Crippen LogP) is 4.38. The minimum atomic E-state index is -0.427. The molecule has 0 bridgehead atoms. The lowest BCUT2D eigenvalue weighted by molar-refractivity contribution is -0.130. The molecule has 1 aliphatic heterocycles. The van der Waals surface area contributed by atoms with Gasteiger partial charge in [-0.1, -0.05) is 45.0 Å². The van der Waals surface area contributed by atoms with Crippen molar-refractivity contribution in [2.24, 2.45) is 0 Å². The SMILES string of the molecule is CC(C)(C)c1ccc(C(=O)C(=O)N2CCCCC2c2nccs2)cc1. The van der Waals surface area contributed by atoms with Crippen LogP contribution in [0.5, 0.6) is 0 Å². The second-order valence-electron chi connectivity index (χ2n) is 7.54. The van der Waals surface area contributed by atoms with Crippen molar-refractivity contribution in [3.8, 4) is 0 Å². The van der Waals surface area contributed by atoms with E-state index in [0.29, 0.717) is 12.1 Å². The van der Waals surface area contributed by atoms with E-state index in [2.05, 4.69) is 25.8 Å². The lowest BCUT2D eigenvalue weighted by Crippen LogP contribution is -2.42. The summed E-state index contributed by atoms with van der Waals surface area (Å²) in [7, 11) is 0. The molecule has 1 unspecified atom stereocenters. The number of nitrogens with zero attached hydrogens (tertiary/aromatic N) is 2. The number of hydrogen-bond donors (Lipinski definition) is 0. The summed E-state index contributed by atoms with van der Waals surface area (Å²) < 4.78 is 0. The highest BCUT2D eigenvalue weighted by Crippen LogP contribution is 2.32. The Labute approximate surface area is 152 Å². The molecule has 3 rings (SSSR count). The first-order valence-electron chi connectivity index (χ1n) is 8.73. The Hall–Kier alpha value is -2.01. The Balaban J connectivity index is 1.80. The molecule has 0 N–H and O–H groups in total. The molecule has 25 heavy (non-hydrogen) atoms. The molecule has 1 atom stereocenters. The van der Waals surface area contributed by atoms with Gasteiger partial charge in [0.2, 0.25) is 5.78 Å². The third-order valence-corrected chi connectivity index (χ3v) is 5.58. The molecule has 5 heteroatoms. The van der Waals surface area contributed by atoms with Gasteiger partial charge in [-0.15, -0.1) is 11.3 Å². The van der Waals surface area contributed by atoms with Crippen LogP contribution in [-0.4, -0.2) is 28.1 Å². The summed E-state index contributed by atoms with van der Waals surface area (Å²) >= 11 is 1.55. The quantitative estimate of drug-likeness (QED) is 0.606. The molecule has 1 aromatic heterocycles. The fraction of sp³-hybridized carbons (Fsp3) is 0.450. The molecule has 0 radical (unpaired) electrons. The van der Waals surface area contributed by atoms with Crippen molar-refractivity contribution in [2.45, 2.75) is 51.5 Å². The molecule has 132 valence electrons. The number of rotatable bonds is 3. The smallest absolute Gasteiger partial charge is 0.295 e. The number of likely N-dealkylation sites (tertiary alicyclic amines) is 1. The highest BCUT2D eigenvalue weighted by molar-refractivity contribution is 7.09. The van der Waals surface area contributed by atoms with E-state index in [1.54, 1.807) is 34.6 Å². The first-order valence-corrected chi connectivity index (χ1v) is 9.61. The molecular weight excluding hydrogens is 332 g/mol. The number of aromatic nitrogens is 1. The summed E-state index contributed by atoms with van der Waals surface area (Å²) in [6.07, 6.45) is 4.62. The minimum absolute atomic E-state index is 0.0222. The van der Waals surface area contributed by atoms with Gasteiger partial charge in [0, 0.05) is 23.7 Å². The van der Waals surface area contributed by atoms with Gasteiger partial charge in [-0.3, -0.25) is 9.59 Å². The average Bonchev–Trinajstić information content (AvgIpc) is 3.14. The van der Waals surface area contributed by atoms with Gasteiger partial charge in [0.05, 0.1) is 6.04 Å². The Kier molecular flexibility index (Phi) is 5.04. The lowest BCUT2D eigenvalue weighted by Gasteiger charge is -2.34. The Morgan fingerprint density at radius 3 is 2.48 bits per heavy atom. The Morgan fingerprint density at radius 2 is 1.88 bits per heavy atom. The number of benzene rings is 1. The third kappa shape index (κ3) is 3.82. The van der Waals surface area contributed by atoms with Crippen molar-refractivity contribution < 1.29 is 9.59 Å². The molecular formula is C20H24N2O2S. The van der Waals surface area contributed by atoms with Crippen LogP contribution in [-0.2, 0) is 10.2 Å². The van der Waals surface area contributed by atoms with Gasteiger partial charge in [-0.25, -0.2) is 4.98 Å². The van der Waals surface area contributed by atoms with Gasteiger partial charge in [0.25, 0.3) is 5.91 Å². The predicted molar refractivity (Wildman–Crippen MR) is 99.9 cm³/mol. The van der Waals surface area contributed by atoms with E-state index < -0.39 is 11.7 Å². The highest BCUT2D eigenvalue weighted by Gasteiger charge is 2.33. The van der Waals surface area contributed by atoms with Crippen LogP contribution in [0.4, 0.5) is 0 Å². The van der Waals surface area contributed by atoms with Crippen LogP contribution in [0.2, 0.25) is 0 Å². The van der Waals surface area contributed by atoms with Crippen LogP contribution < -0.4 is 0 Å². The van der Waals surface area contributed by atoms with E-state index in [-0.39, 0.29) is 11.5 Å². The number of carbonyl (C=O) groups excluding carboxylic acids is 2. The topological polar surface area (TPSA) is 50.3 Å². The first kappa shape index (κ1) is 17.8. The van der Waals surface area contributed by atoms with E-state index in [0.717, 1.165) is 29.8 Å². The Bertz CT molecular complexity index is 745. The summed E-state index contributed by atoms with van der Waals surface area (Å²) in [5.41, 5.74) is 1.63. The monoisotopic (exact) mass is 356 g/mol. The van der Waals surface area contributed by atoms with Crippen LogP contribution in [0.25, 0.3) is 0 Å². The zero-order valence-electron chi connectivity index (χ0n) is 15.0. The van der Waals surface area contributed by atoms with Gasteiger partial charge in [0.15, 0.2) is 0 Å². The van der Waals surface area contributed by atoms with Crippen LogP contribution in [0.15, 0.2) is 35.8 Å². The zero-order chi connectivity index (χ0) is 18.0. The van der Waals surface area contributed by atoms with Crippen LogP contribution >= 0.6 is 11.3 Å². The standard InChI is InChI=1S/C20H24N2O2S/c1-20(2,3)15-9-7-14(8-10-15)17(23)19(24)22-12-5-4-6-16(22)18-21-11-13-25-18/h7-11,13,16H,4-6,12H2,1-3H3. The molecule has 0 spiro atoms. The first-order chi connectivity index (χ1) is 11.9. The number of hydrogen-bond acceptors (Lipinski definition) is 4. The van der Waals surface area contributed by atoms with Crippen LogP contribution in [0.3, 0.4) is 0 Å². The normalized spacial score (nSPS) is 18.2.